The molecule has 3 heteroatoms. The van der Waals surface area contributed by atoms with E-state index in [1.807, 2.05) is 17.8 Å². The Morgan fingerprint density at radius 2 is 0.931 bits per heavy atom. The molecule has 2 aliphatic rings. The molecule has 0 bridgehead atoms. The fourth-order valence-corrected chi connectivity index (χ4v) is 10.8. The van der Waals surface area contributed by atoms with E-state index < -0.39 is 5.41 Å². The topological polar surface area (TPSA) is 25.8 Å². The van der Waals surface area contributed by atoms with Gasteiger partial charge in [-0.2, -0.15) is 0 Å². The molecule has 1 spiro atoms. The Bertz CT molecular complexity index is 3210. The summed E-state index contributed by atoms with van der Waals surface area (Å²) in [7, 11) is 0. The Labute approximate surface area is 341 Å². The van der Waals surface area contributed by atoms with Crippen LogP contribution in [0.25, 0.3) is 77.7 Å². The molecule has 1 aliphatic carbocycles. The number of rotatable bonds is 4. The first kappa shape index (κ1) is 33.1. The highest BCUT2D eigenvalue weighted by Crippen LogP contribution is 2.63. The summed E-state index contributed by atoms with van der Waals surface area (Å²) in [5.74, 6) is 0.710. The SMILES string of the molecule is c1ccc(-c2nc(-c3ccc(-c4ccc5ccccc5c4)cc3)cc(-c3ccc4c(c3)C3(c5ccccc5-c5ccccc53)c3ccc5ccccc5c3S4)n2)cc1. The fraction of sp³-hybridized carbons (Fsp3) is 0.0182. The summed E-state index contributed by atoms with van der Waals surface area (Å²) in [6.45, 7) is 0. The van der Waals surface area contributed by atoms with Gasteiger partial charge < -0.3 is 0 Å². The van der Waals surface area contributed by atoms with Crippen molar-refractivity contribution in [2.45, 2.75) is 15.2 Å². The van der Waals surface area contributed by atoms with E-state index in [1.54, 1.807) is 0 Å². The van der Waals surface area contributed by atoms with Crippen LogP contribution in [-0.4, -0.2) is 9.97 Å². The Hall–Kier alpha value is -7.07. The predicted octanol–water partition coefficient (Wildman–Crippen LogP) is 14.3. The van der Waals surface area contributed by atoms with E-state index >= 15 is 0 Å². The predicted molar refractivity (Wildman–Crippen MR) is 240 cm³/mol. The van der Waals surface area contributed by atoms with E-state index in [2.05, 4.69) is 200 Å². The Balaban J connectivity index is 1.05. The van der Waals surface area contributed by atoms with Crippen LogP contribution in [0.5, 0.6) is 0 Å². The molecular formula is C55H34N2S. The highest BCUT2D eigenvalue weighted by Gasteiger charge is 2.50. The maximum Gasteiger partial charge on any atom is 0.160 e. The first-order valence-corrected chi connectivity index (χ1v) is 20.6. The second kappa shape index (κ2) is 13.0. The summed E-state index contributed by atoms with van der Waals surface area (Å²) in [6, 6.07) is 75.0. The van der Waals surface area contributed by atoms with Crippen LogP contribution in [0.15, 0.2) is 216 Å². The minimum Gasteiger partial charge on any atom is -0.228 e. The standard InChI is InChI=1S/C55H34N2S/c1-2-14-39(15-3-1)54-56-50(38-25-22-36(23-26-38)41-27-24-35-12-4-5-16-40(35)32-41)34-51(57-54)42-29-31-52-49(33-42)55(48-30-28-37-13-6-7-17-43(37)53(48)58-52)46-20-10-8-18-44(46)45-19-9-11-21-47(45)55/h1-34H. The maximum absolute atomic E-state index is 5.31. The fourth-order valence-electron chi connectivity index (χ4n) is 9.45. The summed E-state index contributed by atoms with van der Waals surface area (Å²) in [6.07, 6.45) is 0. The van der Waals surface area contributed by atoms with Crippen molar-refractivity contribution in [3.8, 4) is 56.2 Å². The lowest BCUT2D eigenvalue weighted by Gasteiger charge is -2.40. The number of hydrogen-bond donors (Lipinski definition) is 0. The van der Waals surface area contributed by atoms with Crippen LogP contribution in [0.4, 0.5) is 0 Å². The molecule has 12 rings (SSSR count). The van der Waals surface area contributed by atoms with Crippen molar-refractivity contribution in [2.24, 2.45) is 0 Å². The Kier molecular flexibility index (Phi) is 7.41. The first-order chi connectivity index (χ1) is 28.7. The van der Waals surface area contributed by atoms with Crippen LogP contribution in [0.1, 0.15) is 22.3 Å². The van der Waals surface area contributed by atoms with Crippen LogP contribution in [-0.2, 0) is 5.41 Å². The number of hydrogen-bond acceptors (Lipinski definition) is 3. The van der Waals surface area contributed by atoms with Gasteiger partial charge in [-0.15, -0.1) is 0 Å². The van der Waals surface area contributed by atoms with Gasteiger partial charge in [0.2, 0.25) is 0 Å². The molecule has 10 aromatic rings. The highest BCUT2D eigenvalue weighted by molar-refractivity contribution is 7.99. The van der Waals surface area contributed by atoms with Gasteiger partial charge in [0.15, 0.2) is 5.82 Å². The van der Waals surface area contributed by atoms with Gasteiger partial charge in [-0.25, -0.2) is 9.97 Å². The second-order valence-electron chi connectivity index (χ2n) is 15.3. The molecule has 1 aliphatic heterocycles. The van der Waals surface area contributed by atoms with Crippen molar-refractivity contribution in [1.29, 1.82) is 0 Å². The molecule has 0 saturated carbocycles. The van der Waals surface area contributed by atoms with Gasteiger partial charge in [0.25, 0.3) is 0 Å². The molecule has 0 N–H and O–H groups in total. The molecular weight excluding hydrogens is 721 g/mol. The van der Waals surface area contributed by atoms with Crippen molar-refractivity contribution < 1.29 is 0 Å². The van der Waals surface area contributed by atoms with Crippen LogP contribution in [0.2, 0.25) is 0 Å². The molecule has 2 heterocycles. The molecule has 0 saturated heterocycles. The van der Waals surface area contributed by atoms with E-state index in [0.717, 1.165) is 28.1 Å². The van der Waals surface area contributed by atoms with Gasteiger partial charge in [-0.05, 0) is 90.3 Å². The highest BCUT2D eigenvalue weighted by atomic mass is 32.2. The van der Waals surface area contributed by atoms with Crippen LogP contribution < -0.4 is 0 Å². The van der Waals surface area contributed by atoms with Crippen LogP contribution in [0, 0.1) is 0 Å². The molecule has 0 fully saturated rings. The monoisotopic (exact) mass is 754 g/mol. The molecule has 0 atom stereocenters. The average Bonchev–Trinajstić information content (AvgIpc) is 3.59. The van der Waals surface area contributed by atoms with Crippen molar-refractivity contribution in [3.63, 3.8) is 0 Å². The summed E-state index contributed by atoms with van der Waals surface area (Å²) in [5, 5.41) is 5.04. The molecule has 9 aromatic carbocycles. The van der Waals surface area contributed by atoms with Crippen molar-refractivity contribution in [2.75, 3.05) is 0 Å². The van der Waals surface area contributed by atoms with E-state index in [9.17, 15) is 0 Å². The van der Waals surface area contributed by atoms with Gasteiger partial charge >= 0.3 is 0 Å². The molecule has 2 nitrogen and oxygen atoms in total. The van der Waals surface area contributed by atoms with Gasteiger partial charge in [-0.3, -0.25) is 0 Å². The lowest BCUT2D eigenvalue weighted by molar-refractivity contribution is 0.726. The zero-order valence-corrected chi connectivity index (χ0v) is 32.2. The zero-order valence-electron chi connectivity index (χ0n) is 31.4. The average molecular weight is 755 g/mol. The van der Waals surface area contributed by atoms with E-state index in [0.29, 0.717) is 5.82 Å². The summed E-state index contributed by atoms with van der Waals surface area (Å²) in [5.41, 5.74) is 14.6. The van der Waals surface area contributed by atoms with Gasteiger partial charge in [0.05, 0.1) is 16.8 Å². The normalized spacial score (nSPS) is 13.2. The summed E-state index contributed by atoms with van der Waals surface area (Å²) < 4.78 is 0. The van der Waals surface area contributed by atoms with Crippen molar-refractivity contribution in [3.05, 3.63) is 229 Å². The van der Waals surface area contributed by atoms with E-state index in [4.69, 9.17) is 9.97 Å². The minimum absolute atomic E-state index is 0.500. The summed E-state index contributed by atoms with van der Waals surface area (Å²) in [4.78, 5) is 13.1. The zero-order chi connectivity index (χ0) is 38.2. The second-order valence-corrected chi connectivity index (χ2v) is 16.3. The third-order valence-corrected chi connectivity index (χ3v) is 13.4. The largest absolute Gasteiger partial charge is 0.228 e. The van der Waals surface area contributed by atoms with Gasteiger partial charge in [-0.1, -0.05) is 194 Å². The van der Waals surface area contributed by atoms with Crippen molar-refractivity contribution in [1.82, 2.24) is 9.97 Å². The molecule has 0 unspecified atom stereocenters. The molecule has 0 amide bonds. The molecule has 270 valence electrons. The van der Waals surface area contributed by atoms with E-state index in [-0.39, 0.29) is 0 Å². The third kappa shape index (κ3) is 5.00. The lowest BCUT2D eigenvalue weighted by atomic mass is 9.66. The maximum atomic E-state index is 5.31. The molecule has 1 aromatic heterocycles. The third-order valence-electron chi connectivity index (χ3n) is 12.1. The molecule has 0 radical (unpaired) electrons. The smallest absolute Gasteiger partial charge is 0.160 e. The summed E-state index contributed by atoms with van der Waals surface area (Å²) >= 11 is 1.89. The Morgan fingerprint density at radius 3 is 1.71 bits per heavy atom. The lowest BCUT2D eigenvalue weighted by Crippen LogP contribution is -2.32. The quantitative estimate of drug-likeness (QED) is 0.179. The Morgan fingerprint density at radius 1 is 0.345 bits per heavy atom. The number of nitrogens with zero attached hydrogens (tertiary/aromatic N) is 2. The van der Waals surface area contributed by atoms with Crippen LogP contribution in [0.3, 0.4) is 0 Å². The number of fused-ring (bicyclic) bond motifs is 12. The van der Waals surface area contributed by atoms with Crippen molar-refractivity contribution >= 4 is 33.3 Å². The van der Waals surface area contributed by atoms with Gasteiger partial charge in [0, 0.05) is 26.5 Å². The minimum atomic E-state index is -0.500. The van der Waals surface area contributed by atoms with Gasteiger partial charge in [0.1, 0.15) is 0 Å². The molecule has 58 heavy (non-hydrogen) atoms. The number of benzene rings is 9. The number of aromatic nitrogens is 2. The van der Waals surface area contributed by atoms with Crippen LogP contribution >= 0.6 is 11.8 Å². The van der Waals surface area contributed by atoms with E-state index in [1.165, 1.54) is 75.8 Å². The first-order valence-electron chi connectivity index (χ1n) is 19.8.